The number of hydrogen-bond donors (Lipinski definition) is 1. The summed E-state index contributed by atoms with van der Waals surface area (Å²) >= 11 is 11.6. The van der Waals surface area contributed by atoms with Gasteiger partial charge in [0.05, 0.1) is 28.4 Å². The fourth-order valence-electron chi connectivity index (χ4n) is 2.30. The maximum atomic E-state index is 14.3. The van der Waals surface area contributed by atoms with E-state index in [0.717, 1.165) is 6.08 Å². The normalized spacial score (nSPS) is 10.5. The molecule has 1 aromatic heterocycles. The molecule has 0 atom stereocenters. The van der Waals surface area contributed by atoms with Crippen molar-refractivity contribution >= 4 is 51.6 Å². The van der Waals surface area contributed by atoms with Crippen molar-refractivity contribution in [2.45, 2.75) is 0 Å². The number of nitrogens with one attached hydrogen (secondary N) is 1. The van der Waals surface area contributed by atoms with Gasteiger partial charge in [0.15, 0.2) is 17.3 Å². The van der Waals surface area contributed by atoms with Crippen molar-refractivity contribution in [1.29, 1.82) is 0 Å². The Morgan fingerprint density at radius 2 is 2.04 bits per heavy atom. The number of halogens is 3. The maximum absolute atomic E-state index is 14.3. The van der Waals surface area contributed by atoms with Crippen LogP contribution in [0.3, 0.4) is 0 Å². The SMILES string of the molecule is C=CC(=O)Oc1cc2c(Nc3ccc(Cl)c(Cl)c3F)ncnc2cc1OC. The number of aromatic nitrogens is 2. The summed E-state index contributed by atoms with van der Waals surface area (Å²) < 4.78 is 24.7. The minimum absolute atomic E-state index is 0.0739. The molecule has 0 aliphatic carbocycles. The Balaban J connectivity index is 2.11. The van der Waals surface area contributed by atoms with Crippen molar-refractivity contribution in [2.24, 2.45) is 0 Å². The Morgan fingerprint density at radius 3 is 2.74 bits per heavy atom. The molecule has 0 amide bonds. The Bertz CT molecular complexity index is 1060. The summed E-state index contributed by atoms with van der Waals surface area (Å²) in [7, 11) is 1.43. The lowest BCUT2D eigenvalue weighted by Gasteiger charge is -2.13. The van der Waals surface area contributed by atoms with Gasteiger partial charge in [0, 0.05) is 17.5 Å². The van der Waals surface area contributed by atoms with Gasteiger partial charge in [-0.05, 0) is 18.2 Å². The Labute approximate surface area is 163 Å². The van der Waals surface area contributed by atoms with Crippen LogP contribution in [0.5, 0.6) is 11.5 Å². The zero-order chi connectivity index (χ0) is 19.6. The third-order valence-corrected chi connectivity index (χ3v) is 4.37. The van der Waals surface area contributed by atoms with Crippen LogP contribution in [0.1, 0.15) is 0 Å². The standard InChI is InChI=1S/C18H12Cl2FN3O3/c1-3-15(25)27-14-6-9-12(7-13(14)26-2)22-8-23-18(9)24-11-5-4-10(19)16(20)17(11)21/h3-8H,1H2,2H3,(H,22,23,24). The number of esters is 1. The minimum atomic E-state index is -0.720. The van der Waals surface area contributed by atoms with Gasteiger partial charge in [-0.2, -0.15) is 0 Å². The highest BCUT2D eigenvalue weighted by molar-refractivity contribution is 6.42. The molecule has 0 aliphatic rings. The number of methoxy groups -OCH3 is 1. The van der Waals surface area contributed by atoms with E-state index in [1.807, 2.05) is 0 Å². The highest BCUT2D eigenvalue weighted by atomic mass is 35.5. The molecule has 27 heavy (non-hydrogen) atoms. The third-order valence-electron chi connectivity index (χ3n) is 3.59. The molecule has 0 saturated carbocycles. The molecule has 9 heteroatoms. The van der Waals surface area contributed by atoms with Crippen molar-refractivity contribution in [3.63, 3.8) is 0 Å². The summed E-state index contributed by atoms with van der Waals surface area (Å²) in [6, 6.07) is 5.96. The minimum Gasteiger partial charge on any atom is -0.493 e. The highest BCUT2D eigenvalue weighted by Crippen LogP contribution is 2.36. The maximum Gasteiger partial charge on any atom is 0.335 e. The van der Waals surface area contributed by atoms with E-state index < -0.39 is 11.8 Å². The lowest BCUT2D eigenvalue weighted by Crippen LogP contribution is -2.05. The summed E-state index contributed by atoms with van der Waals surface area (Å²) in [5.74, 6) is -0.668. The van der Waals surface area contributed by atoms with Crippen LogP contribution in [0.2, 0.25) is 10.0 Å². The number of ether oxygens (including phenoxy) is 2. The summed E-state index contributed by atoms with van der Waals surface area (Å²) in [6.07, 6.45) is 2.32. The summed E-state index contributed by atoms with van der Waals surface area (Å²) in [5.41, 5.74) is 0.563. The number of hydrogen-bond acceptors (Lipinski definition) is 6. The monoisotopic (exact) mass is 407 g/mol. The smallest absolute Gasteiger partial charge is 0.335 e. The van der Waals surface area contributed by atoms with Crippen LogP contribution in [0.25, 0.3) is 10.9 Å². The Hall–Kier alpha value is -2.90. The van der Waals surface area contributed by atoms with Gasteiger partial charge in [-0.25, -0.2) is 19.2 Å². The molecule has 0 saturated heterocycles. The van der Waals surface area contributed by atoms with Gasteiger partial charge in [-0.1, -0.05) is 29.8 Å². The number of carbonyl (C=O) groups excluding carboxylic acids is 1. The van der Waals surface area contributed by atoms with Crippen LogP contribution in [0.4, 0.5) is 15.9 Å². The van der Waals surface area contributed by atoms with Gasteiger partial charge in [-0.3, -0.25) is 0 Å². The molecule has 3 aromatic rings. The first kappa shape index (κ1) is 18.9. The molecule has 3 rings (SSSR count). The van der Waals surface area contributed by atoms with E-state index in [-0.39, 0.29) is 27.3 Å². The number of anilines is 2. The molecule has 0 spiro atoms. The van der Waals surface area contributed by atoms with Gasteiger partial charge in [-0.15, -0.1) is 0 Å². The van der Waals surface area contributed by atoms with Gasteiger partial charge < -0.3 is 14.8 Å². The number of fused-ring (bicyclic) bond motifs is 1. The van der Waals surface area contributed by atoms with Gasteiger partial charge >= 0.3 is 5.97 Å². The zero-order valence-electron chi connectivity index (χ0n) is 13.9. The molecule has 2 aromatic carbocycles. The molecule has 0 aliphatic heterocycles. The Kier molecular flexibility index (Phi) is 5.43. The van der Waals surface area contributed by atoms with E-state index in [2.05, 4.69) is 21.9 Å². The molecule has 0 radical (unpaired) electrons. The molecule has 138 valence electrons. The molecule has 0 bridgehead atoms. The van der Waals surface area contributed by atoms with Gasteiger partial charge in [0.1, 0.15) is 12.1 Å². The van der Waals surface area contributed by atoms with Crippen molar-refractivity contribution in [2.75, 3.05) is 12.4 Å². The summed E-state index contributed by atoms with van der Waals surface area (Å²) in [6.45, 7) is 3.36. The second kappa shape index (κ2) is 7.77. The zero-order valence-corrected chi connectivity index (χ0v) is 15.4. The molecule has 1 heterocycles. The first-order valence-corrected chi connectivity index (χ1v) is 8.27. The van der Waals surface area contributed by atoms with E-state index in [4.69, 9.17) is 32.7 Å². The quantitative estimate of drug-likeness (QED) is 0.280. The van der Waals surface area contributed by atoms with Gasteiger partial charge in [0.25, 0.3) is 0 Å². The summed E-state index contributed by atoms with van der Waals surface area (Å²) in [4.78, 5) is 19.8. The molecule has 1 N–H and O–H groups in total. The average Bonchev–Trinajstić information content (AvgIpc) is 2.68. The fraction of sp³-hybridized carbons (Fsp3) is 0.0556. The van der Waals surface area contributed by atoms with Crippen LogP contribution < -0.4 is 14.8 Å². The van der Waals surface area contributed by atoms with Crippen molar-refractivity contribution in [1.82, 2.24) is 9.97 Å². The molecular weight excluding hydrogens is 396 g/mol. The molecular formula is C18H12Cl2FN3O3. The lowest BCUT2D eigenvalue weighted by molar-refractivity contribution is -0.129. The first-order valence-electron chi connectivity index (χ1n) is 7.52. The van der Waals surface area contributed by atoms with Crippen LogP contribution in [0, 0.1) is 5.82 Å². The van der Waals surface area contributed by atoms with Crippen LogP contribution in [0.15, 0.2) is 43.2 Å². The van der Waals surface area contributed by atoms with Crippen LogP contribution in [-0.4, -0.2) is 23.0 Å². The number of rotatable bonds is 5. The predicted octanol–water partition coefficient (Wildman–Crippen LogP) is 4.92. The van der Waals surface area contributed by atoms with E-state index in [0.29, 0.717) is 16.7 Å². The first-order chi connectivity index (χ1) is 12.9. The van der Waals surface area contributed by atoms with Crippen LogP contribution >= 0.6 is 23.2 Å². The third kappa shape index (κ3) is 3.79. The number of nitrogens with zero attached hydrogens (tertiary/aromatic N) is 2. The van der Waals surface area contributed by atoms with E-state index >= 15 is 0 Å². The fourth-order valence-corrected chi connectivity index (χ4v) is 2.61. The lowest BCUT2D eigenvalue weighted by atomic mass is 10.2. The van der Waals surface area contributed by atoms with E-state index in [1.54, 1.807) is 6.07 Å². The average molecular weight is 408 g/mol. The molecule has 0 fully saturated rings. The largest absolute Gasteiger partial charge is 0.493 e. The summed E-state index contributed by atoms with van der Waals surface area (Å²) in [5, 5.41) is 3.20. The van der Waals surface area contributed by atoms with Crippen molar-refractivity contribution < 1.29 is 18.7 Å². The second-order valence-electron chi connectivity index (χ2n) is 5.22. The Morgan fingerprint density at radius 1 is 1.26 bits per heavy atom. The second-order valence-corrected chi connectivity index (χ2v) is 6.00. The van der Waals surface area contributed by atoms with Crippen LogP contribution in [-0.2, 0) is 4.79 Å². The highest BCUT2D eigenvalue weighted by Gasteiger charge is 2.16. The predicted molar refractivity (Wildman–Crippen MR) is 102 cm³/mol. The van der Waals surface area contributed by atoms with Crippen molar-refractivity contribution in [3.8, 4) is 11.5 Å². The van der Waals surface area contributed by atoms with Gasteiger partial charge in [0.2, 0.25) is 0 Å². The van der Waals surface area contributed by atoms with E-state index in [1.165, 1.54) is 31.6 Å². The number of benzene rings is 2. The number of carbonyl (C=O) groups is 1. The van der Waals surface area contributed by atoms with Crippen molar-refractivity contribution in [3.05, 3.63) is 59.1 Å². The van der Waals surface area contributed by atoms with E-state index in [9.17, 15) is 9.18 Å². The molecule has 6 nitrogen and oxygen atoms in total. The molecule has 0 unspecified atom stereocenters. The topological polar surface area (TPSA) is 73.3 Å².